The van der Waals surface area contributed by atoms with Gasteiger partial charge in [0.25, 0.3) is 5.56 Å². The first-order chi connectivity index (χ1) is 10.2. The molecule has 3 aromatic rings. The van der Waals surface area contributed by atoms with Crippen LogP contribution in [0.2, 0.25) is 0 Å². The second-order valence-corrected chi connectivity index (χ2v) is 5.32. The Morgan fingerprint density at radius 3 is 2.62 bits per heavy atom. The van der Waals surface area contributed by atoms with Crippen LogP contribution in [0.3, 0.4) is 0 Å². The number of fused-ring (bicyclic) bond motifs is 1. The van der Waals surface area contributed by atoms with Gasteiger partial charge in [0, 0.05) is 0 Å². The summed E-state index contributed by atoms with van der Waals surface area (Å²) in [6.07, 6.45) is 0. The number of aliphatic carboxylic acids is 1. The molecule has 0 amide bonds. The summed E-state index contributed by atoms with van der Waals surface area (Å²) in [5.41, 5.74) is 0.409. The van der Waals surface area contributed by atoms with E-state index in [4.69, 9.17) is 9.84 Å². The molecule has 0 atom stereocenters. The second kappa shape index (κ2) is 5.41. The van der Waals surface area contributed by atoms with E-state index in [1.54, 1.807) is 30.3 Å². The Bertz CT molecular complexity index is 865. The van der Waals surface area contributed by atoms with Crippen molar-refractivity contribution in [1.29, 1.82) is 0 Å². The van der Waals surface area contributed by atoms with Gasteiger partial charge in [0.15, 0.2) is 6.61 Å². The molecule has 0 aliphatic rings. The van der Waals surface area contributed by atoms with E-state index < -0.39 is 12.6 Å². The van der Waals surface area contributed by atoms with Crippen LogP contribution in [0, 0.1) is 0 Å². The topological polar surface area (TPSA) is 68.5 Å². The normalized spacial score (nSPS) is 10.7. The van der Waals surface area contributed by atoms with Gasteiger partial charge in [-0.3, -0.25) is 4.79 Å². The fourth-order valence-electron chi connectivity index (χ4n) is 2.02. The molecule has 0 aliphatic carbocycles. The molecular weight excluding hydrogens is 290 g/mol. The van der Waals surface area contributed by atoms with Crippen molar-refractivity contribution in [2.45, 2.75) is 0 Å². The molecule has 2 aromatic carbocycles. The van der Waals surface area contributed by atoms with Gasteiger partial charge in [-0.05, 0) is 24.3 Å². The van der Waals surface area contributed by atoms with Crippen molar-refractivity contribution in [3.05, 3.63) is 58.9 Å². The molecule has 1 aromatic heterocycles. The predicted molar refractivity (Wildman–Crippen MR) is 80.6 cm³/mol. The number of rotatable bonds is 4. The van der Waals surface area contributed by atoms with Crippen LogP contribution >= 0.6 is 11.5 Å². The zero-order valence-corrected chi connectivity index (χ0v) is 11.7. The lowest BCUT2D eigenvalue weighted by Crippen LogP contribution is -2.14. The Morgan fingerprint density at radius 2 is 1.86 bits per heavy atom. The van der Waals surface area contributed by atoms with Gasteiger partial charge in [0.05, 0.1) is 10.1 Å². The van der Waals surface area contributed by atoms with Gasteiger partial charge < -0.3 is 9.84 Å². The zero-order valence-electron chi connectivity index (χ0n) is 10.9. The monoisotopic (exact) mass is 301 g/mol. The molecule has 1 heterocycles. The predicted octanol–water partition coefficient (Wildman–Crippen LogP) is 2.52. The molecule has 106 valence electrons. The van der Waals surface area contributed by atoms with Gasteiger partial charge in [-0.2, -0.15) is 0 Å². The molecule has 0 saturated carbocycles. The highest BCUT2D eigenvalue weighted by Gasteiger charge is 2.13. The lowest BCUT2D eigenvalue weighted by Gasteiger charge is -2.09. The quantitative estimate of drug-likeness (QED) is 0.804. The standard InChI is InChI=1S/C15H11NO4S/c17-14(18)9-20-12-7-3-2-6-11(12)16-15(19)10-5-1-4-8-13(10)21-16/h1-8H,9H2,(H,17,18). The summed E-state index contributed by atoms with van der Waals surface area (Å²) < 4.78 is 7.64. The maximum atomic E-state index is 12.4. The first-order valence-corrected chi connectivity index (χ1v) is 6.99. The zero-order chi connectivity index (χ0) is 14.8. The van der Waals surface area contributed by atoms with E-state index in [2.05, 4.69) is 0 Å². The van der Waals surface area contributed by atoms with E-state index in [0.29, 0.717) is 16.8 Å². The molecule has 6 heteroatoms. The fraction of sp³-hybridized carbons (Fsp3) is 0.0667. The maximum Gasteiger partial charge on any atom is 0.341 e. The summed E-state index contributed by atoms with van der Waals surface area (Å²) in [5, 5.41) is 9.35. The van der Waals surface area contributed by atoms with Gasteiger partial charge in [-0.15, -0.1) is 0 Å². The molecule has 0 aliphatic heterocycles. The number of carboxylic acid groups (broad SMARTS) is 1. The summed E-state index contributed by atoms with van der Waals surface area (Å²) in [5.74, 6) is -0.693. The molecule has 3 rings (SSSR count). The van der Waals surface area contributed by atoms with E-state index in [9.17, 15) is 9.59 Å². The van der Waals surface area contributed by atoms with Crippen molar-refractivity contribution in [2.24, 2.45) is 0 Å². The molecule has 0 fully saturated rings. The summed E-state index contributed by atoms with van der Waals surface area (Å²) in [7, 11) is 0. The highest BCUT2D eigenvalue weighted by molar-refractivity contribution is 7.14. The smallest absolute Gasteiger partial charge is 0.341 e. The van der Waals surface area contributed by atoms with Gasteiger partial charge in [0.2, 0.25) is 0 Å². The molecule has 21 heavy (non-hydrogen) atoms. The first kappa shape index (κ1) is 13.4. The van der Waals surface area contributed by atoms with Crippen molar-refractivity contribution in [3.63, 3.8) is 0 Å². The third-order valence-electron chi connectivity index (χ3n) is 2.93. The van der Waals surface area contributed by atoms with Crippen LogP contribution in [0.4, 0.5) is 0 Å². The Balaban J connectivity index is 2.12. The lowest BCUT2D eigenvalue weighted by molar-refractivity contribution is -0.139. The van der Waals surface area contributed by atoms with Crippen molar-refractivity contribution in [3.8, 4) is 11.4 Å². The number of carboxylic acids is 1. The van der Waals surface area contributed by atoms with E-state index >= 15 is 0 Å². The molecule has 1 N–H and O–H groups in total. The minimum atomic E-state index is -1.06. The van der Waals surface area contributed by atoms with Crippen LogP contribution in [0.5, 0.6) is 5.75 Å². The molecule has 5 nitrogen and oxygen atoms in total. The van der Waals surface area contributed by atoms with E-state index in [0.717, 1.165) is 4.70 Å². The van der Waals surface area contributed by atoms with Gasteiger partial charge in [-0.25, -0.2) is 8.75 Å². The molecule has 0 unspecified atom stereocenters. The van der Waals surface area contributed by atoms with E-state index in [1.165, 1.54) is 15.5 Å². The second-order valence-electron chi connectivity index (χ2n) is 4.34. The minimum absolute atomic E-state index is 0.137. The number of ether oxygens (including phenoxy) is 1. The van der Waals surface area contributed by atoms with Crippen molar-refractivity contribution < 1.29 is 14.6 Å². The molecule has 0 radical (unpaired) electrons. The Labute approximate surface area is 123 Å². The van der Waals surface area contributed by atoms with Crippen LogP contribution in [-0.4, -0.2) is 21.6 Å². The van der Waals surface area contributed by atoms with Gasteiger partial charge in [-0.1, -0.05) is 35.8 Å². The Kier molecular flexibility index (Phi) is 3.45. The average molecular weight is 301 g/mol. The van der Waals surface area contributed by atoms with Crippen LogP contribution in [0.25, 0.3) is 15.8 Å². The fourth-order valence-corrected chi connectivity index (χ4v) is 3.04. The number of aromatic nitrogens is 1. The molecule has 0 saturated heterocycles. The molecular formula is C15H11NO4S. The largest absolute Gasteiger partial charge is 0.480 e. The van der Waals surface area contributed by atoms with Gasteiger partial charge in [0.1, 0.15) is 11.4 Å². The number of carbonyl (C=O) groups is 1. The van der Waals surface area contributed by atoms with Crippen molar-refractivity contribution in [2.75, 3.05) is 6.61 Å². The van der Waals surface area contributed by atoms with Crippen LogP contribution in [0.1, 0.15) is 0 Å². The van der Waals surface area contributed by atoms with Gasteiger partial charge >= 0.3 is 5.97 Å². The van der Waals surface area contributed by atoms with E-state index in [-0.39, 0.29) is 5.56 Å². The first-order valence-electron chi connectivity index (χ1n) is 6.22. The number of hydrogen-bond acceptors (Lipinski definition) is 4. The summed E-state index contributed by atoms with van der Waals surface area (Å²) >= 11 is 1.30. The van der Waals surface area contributed by atoms with Crippen LogP contribution < -0.4 is 10.3 Å². The summed E-state index contributed by atoms with van der Waals surface area (Å²) in [6, 6.07) is 14.2. The van der Waals surface area contributed by atoms with E-state index in [1.807, 2.05) is 18.2 Å². The lowest BCUT2D eigenvalue weighted by atomic mass is 10.2. The summed E-state index contributed by atoms with van der Waals surface area (Å²) in [6.45, 7) is -0.448. The highest BCUT2D eigenvalue weighted by atomic mass is 32.1. The SMILES string of the molecule is O=C(O)COc1ccccc1-n1sc2ccccc2c1=O. The molecule has 0 bridgehead atoms. The Morgan fingerprint density at radius 1 is 1.14 bits per heavy atom. The maximum absolute atomic E-state index is 12.4. The van der Waals surface area contributed by atoms with Crippen molar-refractivity contribution in [1.82, 2.24) is 3.96 Å². The van der Waals surface area contributed by atoms with Crippen LogP contribution in [-0.2, 0) is 4.79 Å². The average Bonchev–Trinajstić information content (AvgIpc) is 2.83. The molecule has 0 spiro atoms. The number of hydrogen-bond donors (Lipinski definition) is 1. The Hall–Kier alpha value is -2.60. The third-order valence-corrected chi connectivity index (χ3v) is 4.02. The van der Waals surface area contributed by atoms with Crippen molar-refractivity contribution >= 4 is 27.6 Å². The van der Waals surface area contributed by atoms with Crippen LogP contribution in [0.15, 0.2) is 53.3 Å². The third kappa shape index (κ3) is 2.53. The number of benzene rings is 2. The minimum Gasteiger partial charge on any atom is -0.480 e. The number of para-hydroxylation sites is 2. The number of nitrogens with zero attached hydrogens (tertiary/aromatic N) is 1. The highest BCUT2D eigenvalue weighted by Crippen LogP contribution is 2.26. The summed E-state index contributed by atoms with van der Waals surface area (Å²) in [4.78, 5) is 23.1.